The molecule has 1 aliphatic rings. The second-order valence-corrected chi connectivity index (χ2v) is 14.5. The molecule has 3 heterocycles. The summed E-state index contributed by atoms with van der Waals surface area (Å²) in [6, 6.07) is 33.1. The summed E-state index contributed by atoms with van der Waals surface area (Å²) in [7, 11) is -3.28. The summed E-state index contributed by atoms with van der Waals surface area (Å²) in [5, 5.41) is 6.23. The zero-order valence-electron chi connectivity index (χ0n) is 24.5. The van der Waals surface area contributed by atoms with E-state index in [0.29, 0.717) is 4.21 Å². The number of hydrogen-bond donors (Lipinski definition) is 0. The summed E-state index contributed by atoms with van der Waals surface area (Å²) < 4.78 is 26.9. The predicted molar refractivity (Wildman–Crippen MR) is 180 cm³/mol. The maximum absolute atomic E-state index is 12.2. The highest BCUT2D eigenvalue weighted by atomic mass is 32.2. The fourth-order valence-electron chi connectivity index (χ4n) is 6.42. The molecule has 44 heavy (non-hydrogen) atoms. The number of benzene rings is 3. The molecular weight excluding hydrogens is 583 g/mol. The highest BCUT2D eigenvalue weighted by Gasteiger charge is 2.44. The van der Waals surface area contributed by atoms with Crippen LogP contribution in [0, 0.1) is 12.8 Å². The van der Waals surface area contributed by atoms with Gasteiger partial charge in [-0.05, 0) is 60.4 Å². The molecule has 0 fully saturated rings. The third-order valence-corrected chi connectivity index (χ3v) is 11.4. The zero-order valence-corrected chi connectivity index (χ0v) is 26.1. The molecule has 1 unspecified atom stereocenters. The normalized spacial score (nSPS) is 15.2. The van der Waals surface area contributed by atoms with E-state index in [1.165, 1.54) is 28.7 Å². The van der Waals surface area contributed by atoms with Gasteiger partial charge >= 0.3 is 0 Å². The number of aryl methyl sites for hydroxylation is 1. The molecule has 3 aromatic heterocycles. The minimum absolute atomic E-state index is 0.139. The van der Waals surface area contributed by atoms with Crippen molar-refractivity contribution in [2.75, 3.05) is 6.26 Å². The largest absolute Gasteiger partial charge is 0.256 e. The average molecular weight is 614 g/mol. The first-order chi connectivity index (χ1) is 21.4. The molecular formula is C37H31N3O2S2. The van der Waals surface area contributed by atoms with Gasteiger partial charge < -0.3 is 0 Å². The van der Waals surface area contributed by atoms with Crippen LogP contribution in [0.2, 0.25) is 0 Å². The van der Waals surface area contributed by atoms with Gasteiger partial charge in [-0.25, -0.2) is 8.42 Å². The summed E-state index contributed by atoms with van der Waals surface area (Å²) in [4.78, 5) is 5.51. The maximum atomic E-state index is 12.2. The topological polar surface area (TPSA) is 64.8 Å². The average Bonchev–Trinajstić information content (AvgIpc) is 3.71. The van der Waals surface area contributed by atoms with Crippen LogP contribution in [0.4, 0.5) is 0 Å². The molecule has 1 atom stereocenters. The molecule has 0 bridgehead atoms. The summed E-state index contributed by atoms with van der Waals surface area (Å²) in [6.45, 7) is 2.06. The van der Waals surface area contributed by atoms with Crippen molar-refractivity contribution >= 4 is 32.1 Å². The number of rotatable bonds is 7. The van der Waals surface area contributed by atoms with Gasteiger partial charge in [-0.2, -0.15) is 5.10 Å². The molecule has 0 radical (unpaired) electrons. The highest BCUT2D eigenvalue weighted by Crippen LogP contribution is 2.45. The number of pyridine rings is 1. The van der Waals surface area contributed by atoms with Crippen LogP contribution in [0.25, 0.3) is 32.5 Å². The lowest BCUT2D eigenvalue weighted by atomic mass is 9.70. The Hall–Kier alpha value is -4.59. The third kappa shape index (κ3) is 4.82. The van der Waals surface area contributed by atoms with E-state index in [2.05, 4.69) is 120 Å². The molecule has 5 nitrogen and oxygen atoms in total. The quantitative estimate of drug-likeness (QED) is 0.181. The van der Waals surface area contributed by atoms with Crippen molar-refractivity contribution in [1.29, 1.82) is 0 Å². The summed E-state index contributed by atoms with van der Waals surface area (Å²) in [5.74, 6) is 0.139. The number of thiophene rings is 1. The van der Waals surface area contributed by atoms with E-state index in [0.717, 1.165) is 44.6 Å². The number of nitrogens with zero attached hydrogens (tertiary/aromatic N) is 3. The Kier molecular flexibility index (Phi) is 7.15. The lowest BCUT2D eigenvalue weighted by Gasteiger charge is -2.41. The van der Waals surface area contributed by atoms with Gasteiger partial charge in [0.05, 0.1) is 11.2 Å². The Morgan fingerprint density at radius 2 is 1.59 bits per heavy atom. The molecule has 3 aromatic carbocycles. The SMILES string of the molecule is Cc1nn(C(c2ccccc2)(c2ccccc2)C2C=CC=CC2)cc1-c1ccc2nccc(-c3ccc(S(C)(=O)=O)s3)c2c1. The van der Waals surface area contributed by atoms with Gasteiger partial charge in [0.2, 0.25) is 0 Å². The molecule has 218 valence electrons. The second-order valence-electron chi connectivity index (χ2n) is 11.2. The Morgan fingerprint density at radius 3 is 2.23 bits per heavy atom. The highest BCUT2D eigenvalue weighted by molar-refractivity contribution is 7.92. The van der Waals surface area contributed by atoms with E-state index in [1.54, 1.807) is 12.3 Å². The molecule has 0 saturated carbocycles. The van der Waals surface area contributed by atoms with Crippen LogP contribution in [0.15, 0.2) is 138 Å². The van der Waals surface area contributed by atoms with E-state index in [1.807, 2.05) is 18.2 Å². The van der Waals surface area contributed by atoms with Crippen molar-refractivity contribution in [3.8, 4) is 21.6 Å². The Labute approximate surface area is 261 Å². The molecule has 0 N–H and O–H groups in total. The Bertz CT molecular complexity index is 2100. The number of sulfone groups is 1. The number of hydrogen-bond acceptors (Lipinski definition) is 5. The van der Waals surface area contributed by atoms with Crippen LogP contribution in [0.5, 0.6) is 0 Å². The van der Waals surface area contributed by atoms with E-state index in [-0.39, 0.29) is 5.92 Å². The smallest absolute Gasteiger partial charge is 0.184 e. The predicted octanol–water partition coefficient (Wildman–Crippen LogP) is 8.46. The minimum Gasteiger partial charge on any atom is -0.256 e. The Balaban J connectivity index is 1.42. The lowest BCUT2D eigenvalue weighted by Crippen LogP contribution is -2.43. The van der Waals surface area contributed by atoms with Crippen molar-refractivity contribution in [2.45, 2.75) is 23.1 Å². The lowest BCUT2D eigenvalue weighted by molar-refractivity contribution is 0.292. The molecule has 6 aromatic rings. The van der Waals surface area contributed by atoms with E-state index < -0.39 is 15.4 Å². The van der Waals surface area contributed by atoms with Gasteiger partial charge in [-0.1, -0.05) is 91.0 Å². The van der Waals surface area contributed by atoms with Gasteiger partial charge in [-0.15, -0.1) is 11.3 Å². The van der Waals surface area contributed by atoms with Crippen LogP contribution in [0.1, 0.15) is 23.2 Å². The molecule has 1 aliphatic carbocycles. The third-order valence-electron chi connectivity index (χ3n) is 8.47. The van der Waals surface area contributed by atoms with Crippen molar-refractivity contribution in [3.05, 3.63) is 151 Å². The summed E-state index contributed by atoms with van der Waals surface area (Å²) in [6.07, 6.45) is 14.9. The van der Waals surface area contributed by atoms with Crippen molar-refractivity contribution < 1.29 is 8.42 Å². The molecule has 7 rings (SSSR count). The number of allylic oxidation sites excluding steroid dienone is 4. The van der Waals surface area contributed by atoms with Crippen LogP contribution < -0.4 is 0 Å². The van der Waals surface area contributed by atoms with Crippen LogP contribution >= 0.6 is 11.3 Å². The molecule has 0 saturated heterocycles. The maximum Gasteiger partial charge on any atom is 0.184 e. The van der Waals surface area contributed by atoms with E-state index in [9.17, 15) is 8.42 Å². The first kappa shape index (κ1) is 28.2. The second kappa shape index (κ2) is 11.2. The molecule has 7 heteroatoms. The van der Waals surface area contributed by atoms with Gasteiger partial charge in [0.1, 0.15) is 9.75 Å². The molecule has 0 spiro atoms. The van der Waals surface area contributed by atoms with Gasteiger partial charge in [0.15, 0.2) is 9.84 Å². The van der Waals surface area contributed by atoms with E-state index >= 15 is 0 Å². The van der Waals surface area contributed by atoms with E-state index in [4.69, 9.17) is 5.10 Å². The zero-order chi connectivity index (χ0) is 30.3. The van der Waals surface area contributed by atoms with Gasteiger partial charge in [-0.3, -0.25) is 9.67 Å². The fourth-order valence-corrected chi connectivity index (χ4v) is 8.39. The van der Waals surface area contributed by atoms with Gasteiger partial charge in [0, 0.05) is 46.0 Å². The molecule has 0 amide bonds. The number of aromatic nitrogens is 3. The summed E-state index contributed by atoms with van der Waals surface area (Å²) in [5.41, 5.74) is 6.59. The first-order valence-electron chi connectivity index (χ1n) is 14.6. The first-order valence-corrected chi connectivity index (χ1v) is 17.3. The van der Waals surface area contributed by atoms with Crippen LogP contribution in [-0.2, 0) is 15.4 Å². The summed E-state index contributed by atoms with van der Waals surface area (Å²) >= 11 is 1.29. The van der Waals surface area contributed by atoms with Gasteiger partial charge in [0.25, 0.3) is 0 Å². The van der Waals surface area contributed by atoms with Crippen molar-refractivity contribution in [1.82, 2.24) is 14.8 Å². The Morgan fingerprint density at radius 1 is 0.864 bits per heavy atom. The number of fused-ring (bicyclic) bond motifs is 1. The standard InChI is InChI=1S/C37H31N3O2S2/c1-26-33(27-18-19-34-32(24-27)31(22-23-38-34)35-20-21-36(43-35)44(2,41)42)25-40(39-26)37(28-12-6-3-7-13-28,29-14-8-4-9-15-29)30-16-10-5-11-17-30/h3-16,18-25,30H,17H2,1-2H3. The van der Waals surface area contributed by atoms with Crippen molar-refractivity contribution in [2.24, 2.45) is 5.92 Å². The van der Waals surface area contributed by atoms with Crippen LogP contribution in [-0.4, -0.2) is 29.4 Å². The fraction of sp³-hybridized carbons (Fsp3) is 0.135. The monoisotopic (exact) mass is 613 g/mol. The van der Waals surface area contributed by atoms with Crippen molar-refractivity contribution in [3.63, 3.8) is 0 Å². The minimum atomic E-state index is -3.28. The van der Waals surface area contributed by atoms with Crippen LogP contribution in [0.3, 0.4) is 0 Å². The molecule has 0 aliphatic heterocycles.